The van der Waals surface area contributed by atoms with Gasteiger partial charge in [-0.2, -0.15) is 0 Å². The lowest BCUT2D eigenvalue weighted by Gasteiger charge is -2.11. The zero-order chi connectivity index (χ0) is 18.8. The Morgan fingerprint density at radius 1 is 1.15 bits per heavy atom. The maximum Gasteiger partial charge on any atom is 0.340 e. The third-order valence-electron chi connectivity index (χ3n) is 3.97. The Labute approximate surface area is 158 Å². The number of aliphatic carboxylic acids is 1. The smallest absolute Gasteiger partial charge is 0.340 e. The molecule has 0 aliphatic carbocycles. The Bertz CT molecular complexity index is 1060. The molecule has 1 aromatic heterocycles. The Hall–Kier alpha value is -2.50. The van der Waals surface area contributed by atoms with Gasteiger partial charge < -0.3 is 19.1 Å². The molecule has 0 saturated heterocycles. The fourth-order valence-corrected chi connectivity index (χ4v) is 2.93. The van der Waals surface area contributed by atoms with Gasteiger partial charge in [0.1, 0.15) is 17.9 Å². The number of aryl methyl sites for hydroxylation is 1. The van der Waals surface area contributed by atoms with Crippen molar-refractivity contribution in [2.75, 3.05) is 0 Å². The average molecular weight is 392 g/mol. The zero-order valence-corrected chi connectivity index (χ0v) is 15.2. The minimum atomic E-state index is -1.33. The average Bonchev–Trinajstić information content (AvgIpc) is 2.59. The summed E-state index contributed by atoms with van der Waals surface area (Å²) >= 11 is 11.9. The summed E-state index contributed by atoms with van der Waals surface area (Å²) in [6.45, 7) is 1.93. The van der Waals surface area contributed by atoms with Gasteiger partial charge in [0.2, 0.25) is 0 Å². The predicted molar refractivity (Wildman–Crippen MR) is 96.7 cm³/mol. The Morgan fingerprint density at radius 2 is 1.92 bits per heavy atom. The van der Waals surface area contributed by atoms with Gasteiger partial charge in [0, 0.05) is 29.4 Å². The predicted octanol–water partition coefficient (Wildman–Crippen LogP) is 3.28. The van der Waals surface area contributed by atoms with Crippen LogP contribution in [-0.4, -0.2) is 5.97 Å². The number of hydrogen-bond acceptors (Lipinski definition) is 5. The molecule has 1 heterocycles. The van der Waals surface area contributed by atoms with Gasteiger partial charge in [0.25, 0.3) is 0 Å². The topological polar surface area (TPSA) is 79.6 Å². The fourth-order valence-electron chi connectivity index (χ4n) is 2.61. The molecule has 0 N–H and O–H groups in total. The molecule has 0 atom stereocenters. The number of carboxylic acid groups (broad SMARTS) is 1. The van der Waals surface area contributed by atoms with Gasteiger partial charge in [-0.3, -0.25) is 0 Å². The molecule has 0 radical (unpaired) electrons. The third-order valence-corrected chi connectivity index (χ3v) is 4.71. The van der Waals surface area contributed by atoms with E-state index in [1.165, 1.54) is 0 Å². The summed E-state index contributed by atoms with van der Waals surface area (Å²) in [5.41, 5.74) is 1.10. The Morgan fingerprint density at radius 3 is 2.62 bits per heavy atom. The van der Waals surface area contributed by atoms with Crippen LogP contribution in [-0.2, 0) is 17.8 Å². The van der Waals surface area contributed by atoms with E-state index in [1.807, 2.05) is 0 Å². The highest BCUT2D eigenvalue weighted by Gasteiger charge is 2.12. The van der Waals surface area contributed by atoms with E-state index in [0.29, 0.717) is 32.3 Å². The number of ether oxygens (including phenoxy) is 1. The van der Waals surface area contributed by atoms with Gasteiger partial charge in [-0.05, 0) is 42.3 Å². The second-order valence-electron chi connectivity index (χ2n) is 5.74. The van der Waals surface area contributed by atoms with Gasteiger partial charge in [0.05, 0.1) is 10.0 Å². The molecule has 0 aliphatic heterocycles. The van der Waals surface area contributed by atoms with Crippen molar-refractivity contribution in [3.8, 4) is 5.75 Å². The van der Waals surface area contributed by atoms with E-state index >= 15 is 0 Å². The van der Waals surface area contributed by atoms with Crippen LogP contribution < -0.4 is 15.5 Å². The lowest BCUT2D eigenvalue weighted by molar-refractivity contribution is -0.304. The van der Waals surface area contributed by atoms with E-state index in [2.05, 4.69) is 0 Å². The monoisotopic (exact) mass is 391 g/mol. The van der Waals surface area contributed by atoms with Gasteiger partial charge in [-0.25, -0.2) is 4.79 Å². The van der Waals surface area contributed by atoms with Crippen molar-refractivity contribution in [1.82, 2.24) is 0 Å². The summed E-state index contributed by atoms with van der Waals surface area (Å²) in [7, 11) is 0. The Kier molecular flexibility index (Phi) is 5.20. The van der Waals surface area contributed by atoms with Crippen LogP contribution in [0.15, 0.2) is 45.6 Å². The maximum atomic E-state index is 12.0. The number of benzene rings is 2. The van der Waals surface area contributed by atoms with E-state index < -0.39 is 18.0 Å². The van der Waals surface area contributed by atoms with E-state index in [1.54, 1.807) is 43.3 Å². The minimum absolute atomic E-state index is 0.0852. The van der Waals surface area contributed by atoms with Gasteiger partial charge in [-0.1, -0.05) is 29.3 Å². The van der Waals surface area contributed by atoms with Crippen LogP contribution in [0.4, 0.5) is 0 Å². The number of carbonyl (C=O) groups is 1. The van der Waals surface area contributed by atoms with E-state index in [0.717, 1.165) is 5.56 Å². The van der Waals surface area contributed by atoms with Crippen molar-refractivity contribution in [2.45, 2.75) is 20.0 Å². The fraction of sp³-hybridized carbons (Fsp3) is 0.158. The lowest BCUT2D eigenvalue weighted by atomic mass is 10.0. The van der Waals surface area contributed by atoms with Crippen molar-refractivity contribution in [3.63, 3.8) is 0 Å². The van der Waals surface area contributed by atoms with Gasteiger partial charge >= 0.3 is 5.63 Å². The second-order valence-corrected chi connectivity index (χ2v) is 6.55. The molecule has 0 amide bonds. The van der Waals surface area contributed by atoms with E-state index in [9.17, 15) is 14.7 Å². The van der Waals surface area contributed by atoms with Crippen molar-refractivity contribution in [1.29, 1.82) is 0 Å². The van der Waals surface area contributed by atoms with Crippen molar-refractivity contribution in [3.05, 3.63) is 73.6 Å². The van der Waals surface area contributed by atoms with Crippen molar-refractivity contribution in [2.24, 2.45) is 0 Å². The molecular weight excluding hydrogens is 379 g/mol. The largest absolute Gasteiger partial charge is 0.550 e. The number of fused-ring (bicyclic) bond motifs is 1. The number of rotatable bonds is 5. The minimum Gasteiger partial charge on any atom is -0.550 e. The van der Waals surface area contributed by atoms with Crippen LogP contribution in [0.2, 0.25) is 10.0 Å². The van der Waals surface area contributed by atoms with Crippen LogP contribution >= 0.6 is 23.2 Å². The molecule has 134 valence electrons. The summed E-state index contributed by atoms with van der Waals surface area (Å²) in [4.78, 5) is 22.8. The highest BCUT2D eigenvalue weighted by molar-refractivity contribution is 6.42. The molecule has 3 rings (SSSR count). The first kappa shape index (κ1) is 18.3. The summed E-state index contributed by atoms with van der Waals surface area (Å²) in [6.07, 6.45) is -0.486. The van der Waals surface area contributed by atoms with Crippen LogP contribution in [0.5, 0.6) is 5.75 Å². The van der Waals surface area contributed by atoms with Crippen LogP contribution in [0, 0.1) is 6.92 Å². The number of halogens is 2. The highest BCUT2D eigenvalue weighted by atomic mass is 35.5. The highest BCUT2D eigenvalue weighted by Crippen LogP contribution is 2.26. The summed E-state index contributed by atoms with van der Waals surface area (Å²) < 4.78 is 10.9. The van der Waals surface area contributed by atoms with Gasteiger partial charge in [-0.15, -0.1) is 0 Å². The number of carboxylic acids is 1. The molecule has 0 saturated carbocycles. The normalized spacial score (nSPS) is 10.9. The Balaban J connectivity index is 1.88. The molecule has 3 aromatic rings. The first-order chi connectivity index (χ1) is 12.3. The molecule has 0 aliphatic rings. The first-order valence-electron chi connectivity index (χ1n) is 7.68. The van der Waals surface area contributed by atoms with Crippen molar-refractivity contribution < 1.29 is 19.1 Å². The summed E-state index contributed by atoms with van der Waals surface area (Å²) in [5.74, 6) is -0.833. The summed E-state index contributed by atoms with van der Waals surface area (Å²) in [6, 6.07) is 10.2. The molecule has 0 unspecified atom stereocenters. The molecule has 0 spiro atoms. The molecule has 7 heteroatoms. The number of hydrogen-bond donors (Lipinski definition) is 0. The third kappa shape index (κ3) is 3.84. The first-order valence-corrected chi connectivity index (χ1v) is 8.43. The molecule has 26 heavy (non-hydrogen) atoms. The quantitative estimate of drug-likeness (QED) is 0.623. The van der Waals surface area contributed by atoms with E-state index in [4.69, 9.17) is 32.4 Å². The van der Waals surface area contributed by atoms with Crippen LogP contribution in [0.3, 0.4) is 0 Å². The molecule has 2 aromatic carbocycles. The SMILES string of the molecule is Cc1c(CC(=O)[O-])c(=O)oc2cc(OCc3ccc(Cl)c(Cl)c3)ccc12. The molecule has 0 fully saturated rings. The van der Waals surface area contributed by atoms with E-state index in [-0.39, 0.29) is 12.2 Å². The van der Waals surface area contributed by atoms with Crippen LogP contribution in [0.25, 0.3) is 11.0 Å². The summed E-state index contributed by atoms with van der Waals surface area (Å²) in [5, 5.41) is 12.3. The van der Waals surface area contributed by atoms with Gasteiger partial charge in [0.15, 0.2) is 0 Å². The second kappa shape index (κ2) is 7.40. The maximum absolute atomic E-state index is 12.0. The standard InChI is InChI=1S/C19H14Cl2O5/c1-10-13-4-3-12(25-9-11-2-5-15(20)16(21)6-11)7-17(13)26-19(24)14(10)8-18(22)23/h2-7H,8-9H2,1H3,(H,22,23)/p-1. The molecular formula is C19H13Cl2O5-. The molecule has 5 nitrogen and oxygen atoms in total. The zero-order valence-electron chi connectivity index (χ0n) is 13.7. The molecule has 0 bridgehead atoms. The lowest BCUT2D eigenvalue weighted by Crippen LogP contribution is -2.27. The number of carbonyl (C=O) groups excluding carboxylic acids is 1. The van der Waals surface area contributed by atoms with Crippen LogP contribution in [0.1, 0.15) is 16.7 Å². The van der Waals surface area contributed by atoms with Crippen molar-refractivity contribution >= 4 is 40.1 Å².